The van der Waals surface area contributed by atoms with Gasteiger partial charge in [0.15, 0.2) is 0 Å². The fourth-order valence-electron chi connectivity index (χ4n) is 2.29. The lowest BCUT2D eigenvalue weighted by molar-refractivity contribution is -0.121. The van der Waals surface area contributed by atoms with E-state index in [0.717, 1.165) is 18.4 Å². The van der Waals surface area contributed by atoms with Crippen LogP contribution in [0.1, 0.15) is 31.2 Å². The van der Waals surface area contributed by atoms with Crippen LogP contribution >= 0.6 is 11.6 Å². The van der Waals surface area contributed by atoms with Gasteiger partial charge in [-0.3, -0.25) is 4.79 Å². The van der Waals surface area contributed by atoms with Crippen LogP contribution in [0.3, 0.4) is 0 Å². The van der Waals surface area contributed by atoms with Gasteiger partial charge in [-0.1, -0.05) is 43.2 Å². The average Bonchev–Trinajstić information content (AvgIpc) is 2.33. The molecule has 0 heterocycles. The Bertz CT molecular complexity index is 366. The highest BCUT2D eigenvalue weighted by atomic mass is 35.5. The number of halogens is 1. The predicted molar refractivity (Wildman–Crippen MR) is 70.2 cm³/mol. The maximum Gasteiger partial charge on any atom is 0.224 e. The second-order valence-corrected chi connectivity index (χ2v) is 5.20. The van der Waals surface area contributed by atoms with Gasteiger partial charge in [-0.05, 0) is 18.4 Å². The Morgan fingerprint density at radius 1 is 1.24 bits per heavy atom. The van der Waals surface area contributed by atoms with E-state index in [4.69, 9.17) is 11.6 Å². The molecule has 1 aromatic carbocycles. The minimum atomic E-state index is 0.0775. The van der Waals surface area contributed by atoms with Gasteiger partial charge in [0.2, 0.25) is 5.91 Å². The Labute approximate surface area is 107 Å². The van der Waals surface area contributed by atoms with Gasteiger partial charge in [0, 0.05) is 6.04 Å². The number of nitrogens with one attached hydrogen (secondary N) is 1. The molecular formula is C14H18ClNO. The van der Waals surface area contributed by atoms with E-state index in [9.17, 15) is 4.79 Å². The van der Waals surface area contributed by atoms with E-state index in [-0.39, 0.29) is 17.3 Å². The molecule has 0 spiro atoms. The molecular weight excluding hydrogens is 234 g/mol. The van der Waals surface area contributed by atoms with Gasteiger partial charge < -0.3 is 5.32 Å². The van der Waals surface area contributed by atoms with E-state index in [1.165, 1.54) is 12.8 Å². The second-order valence-electron chi connectivity index (χ2n) is 4.64. The third-order valence-corrected chi connectivity index (χ3v) is 3.76. The number of hydrogen-bond donors (Lipinski definition) is 1. The fourth-order valence-corrected chi connectivity index (χ4v) is 2.63. The molecule has 0 radical (unpaired) electrons. The average molecular weight is 252 g/mol. The van der Waals surface area contributed by atoms with Crippen LogP contribution in [0, 0.1) is 0 Å². The highest BCUT2D eigenvalue weighted by Gasteiger charge is 2.24. The maximum absolute atomic E-state index is 11.9. The third kappa shape index (κ3) is 3.74. The lowest BCUT2D eigenvalue weighted by Gasteiger charge is -2.27. The number of rotatable bonds is 3. The molecule has 1 aliphatic carbocycles. The van der Waals surface area contributed by atoms with Gasteiger partial charge in [0.1, 0.15) is 0 Å². The number of carbonyl (C=O) groups is 1. The van der Waals surface area contributed by atoms with E-state index in [0.29, 0.717) is 6.42 Å². The molecule has 1 aromatic rings. The summed E-state index contributed by atoms with van der Waals surface area (Å²) in [5, 5.41) is 3.15. The SMILES string of the molecule is O=C(Cc1ccccc1)N[C@@H]1CCCC[C@@H]1Cl. The summed E-state index contributed by atoms with van der Waals surface area (Å²) >= 11 is 6.22. The first-order valence-electron chi connectivity index (χ1n) is 6.23. The maximum atomic E-state index is 11.9. The number of alkyl halides is 1. The van der Waals surface area contributed by atoms with E-state index in [2.05, 4.69) is 5.32 Å². The van der Waals surface area contributed by atoms with Crippen LogP contribution in [-0.2, 0) is 11.2 Å². The van der Waals surface area contributed by atoms with Crippen molar-refractivity contribution in [1.82, 2.24) is 5.32 Å². The Hall–Kier alpha value is -1.02. The first kappa shape index (κ1) is 12.4. The molecule has 3 heteroatoms. The fraction of sp³-hybridized carbons (Fsp3) is 0.500. The molecule has 92 valence electrons. The Morgan fingerprint density at radius 3 is 2.65 bits per heavy atom. The summed E-state index contributed by atoms with van der Waals surface area (Å²) < 4.78 is 0. The molecule has 0 bridgehead atoms. The van der Waals surface area contributed by atoms with Gasteiger partial charge in [-0.2, -0.15) is 0 Å². The van der Waals surface area contributed by atoms with Crippen molar-refractivity contribution in [2.45, 2.75) is 43.5 Å². The van der Waals surface area contributed by atoms with Crippen molar-refractivity contribution in [2.24, 2.45) is 0 Å². The van der Waals surface area contributed by atoms with Crippen molar-refractivity contribution in [3.8, 4) is 0 Å². The van der Waals surface area contributed by atoms with Gasteiger partial charge in [-0.25, -0.2) is 0 Å². The summed E-state index contributed by atoms with van der Waals surface area (Å²) in [4.78, 5) is 11.9. The molecule has 17 heavy (non-hydrogen) atoms. The van der Waals surface area contributed by atoms with Crippen LogP contribution in [0.5, 0.6) is 0 Å². The minimum Gasteiger partial charge on any atom is -0.352 e. The van der Waals surface area contributed by atoms with E-state index >= 15 is 0 Å². The Kier molecular flexibility index (Phi) is 4.43. The zero-order valence-electron chi connectivity index (χ0n) is 9.86. The van der Waals surface area contributed by atoms with Gasteiger partial charge in [0.25, 0.3) is 0 Å². The molecule has 0 saturated heterocycles. The molecule has 1 fully saturated rings. The topological polar surface area (TPSA) is 29.1 Å². The van der Waals surface area contributed by atoms with E-state index < -0.39 is 0 Å². The number of carbonyl (C=O) groups excluding carboxylic acids is 1. The Morgan fingerprint density at radius 2 is 1.94 bits per heavy atom. The highest BCUT2D eigenvalue weighted by molar-refractivity contribution is 6.21. The molecule has 1 amide bonds. The summed E-state index contributed by atoms with van der Waals surface area (Å²) in [6.45, 7) is 0. The highest BCUT2D eigenvalue weighted by Crippen LogP contribution is 2.23. The van der Waals surface area contributed by atoms with Crippen molar-refractivity contribution in [3.63, 3.8) is 0 Å². The van der Waals surface area contributed by atoms with Gasteiger partial charge >= 0.3 is 0 Å². The molecule has 1 N–H and O–H groups in total. The number of benzene rings is 1. The summed E-state index contributed by atoms with van der Waals surface area (Å²) in [5.41, 5.74) is 1.05. The number of amides is 1. The smallest absolute Gasteiger partial charge is 0.224 e. The summed E-state index contributed by atoms with van der Waals surface area (Å²) in [7, 11) is 0. The van der Waals surface area contributed by atoms with Gasteiger partial charge in [0.05, 0.1) is 11.8 Å². The lowest BCUT2D eigenvalue weighted by Crippen LogP contribution is -2.43. The van der Waals surface area contributed by atoms with Crippen LogP contribution in [0.15, 0.2) is 30.3 Å². The van der Waals surface area contributed by atoms with Crippen molar-refractivity contribution < 1.29 is 4.79 Å². The van der Waals surface area contributed by atoms with Gasteiger partial charge in [-0.15, -0.1) is 11.6 Å². The zero-order chi connectivity index (χ0) is 12.1. The first-order chi connectivity index (χ1) is 8.25. The van der Waals surface area contributed by atoms with Crippen LogP contribution in [-0.4, -0.2) is 17.3 Å². The molecule has 2 atom stereocenters. The van der Waals surface area contributed by atoms with Crippen molar-refractivity contribution in [2.75, 3.05) is 0 Å². The molecule has 1 saturated carbocycles. The second kappa shape index (κ2) is 6.06. The molecule has 0 aromatic heterocycles. The first-order valence-corrected chi connectivity index (χ1v) is 6.67. The summed E-state index contributed by atoms with van der Waals surface area (Å²) in [5.74, 6) is 0.0775. The number of hydrogen-bond acceptors (Lipinski definition) is 1. The quantitative estimate of drug-likeness (QED) is 0.823. The molecule has 2 rings (SSSR count). The van der Waals surface area contributed by atoms with E-state index in [1.54, 1.807) is 0 Å². The molecule has 0 unspecified atom stereocenters. The van der Waals surface area contributed by atoms with Crippen molar-refractivity contribution in [1.29, 1.82) is 0 Å². The lowest BCUT2D eigenvalue weighted by atomic mass is 9.94. The van der Waals surface area contributed by atoms with Crippen molar-refractivity contribution >= 4 is 17.5 Å². The zero-order valence-corrected chi connectivity index (χ0v) is 10.6. The summed E-state index contributed by atoms with van der Waals surface area (Å²) in [6.07, 6.45) is 4.81. The summed E-state index contributed by atoms with van der Waals surface area (Å²) in [6, 6.07) is 9.96. The van der Waals surface area contributed by atoms with Crippen LogP contribution in [0.4, 0.5) is 0 Å². The predicted octanol–water partition coefficient (Wildman–Crippen LogP) is 2.90. The van der Waals surface area contributed by atoms with Crippen LogP contribution < -0.4 is 5.32 Å². The Balaban J connectivity index is 1.84. The standard InChI is InChI=1S/C14H18ClNO/c15-12-8-4-5-9-13(12)16-14(17)10-11-6-2-1-3-7-11/h1-3,6-7,12-13H,4-5,8-10H2,(H,16,17)/t12-,13+/m0/s1. The normalized spacial score (nSPS) is 24.3. The molecule has 1 aliphatic rings. The minimum absolute atomic E-state index is 0.0775. The largest absolute Gasteiger partial charge is 0.352 e. The third-order valence-electron chi connectivity index (χ3n) is 3.24. The molecule has 0 aliphatic heterocycles. The van der Waals surface area contributed by atoms with Crippen LogP contribution in [0.25, 0.3) is 0 Å². The van der Waals surface area contributed by atoms with E-state index in [1.807, 2.05) is 30.3 Å². The van der Waals surface area contributed by atoms with Crippen LogP contribution in [0.2, 0.25) is 0 Å². The monoisotopic (exact) mass is 251 g/mol. The van der Waals surface area contributed by atoms with Crippen molar-refractivity contribution in [3.05, 3.63) is 35.9 Å². The molecule has 2 nitrogen and oxygen atoms in total.